The average Bonchev–Trinajstić information content (AvgIpc) is 2.68. The number of aryl methyl sites for hydroxylation is 1. The van der Waals surface area contributed by atoms with E-state index in [9.17, 15) is 9.59 Å². The maximum absolute atomic E-state index is 12.9. The van der Waals surface area contributed by atoms with Gasteiger partial charge in [0, 0.05) is 18.7 Å². The number of amides is 1. The molecule has 2 aromatic carbocycles. The number of carboxylic acid groups (broad SMARTS) is 1. The lowest BCUT2D eigenvalue weighted by Gasteiger charge is -2.34. The molecular weight excluding hydrogens is 340 g/mol. The molecule has 0 saturated carbocycles. The van der Waals surface area contributed by atoms with Crippen LogP contribution in [0.25, 0.3) is 0 Å². The van der Waals surface area contributed by atoms with Gasteiger partial charge in [0.15, 0.2) is 0 Å². The van der Waals surface area contributed by atoms with Crippen LogP contribution in [0.1, 0.15) is 36.8 Å². The van der Waals surface area contributed by atoms with E-state index in [1.165, 1.54) is 5.56 Å². The normalized spacial score (nSPS) is 17.4. The molecule has 2 aromatic rings. The molecule has 0 aliphatic carbocycles. The molecule has 27 heavy (non-hydrogen) atoms. The number of hydrogen-bond donors (Lipinski definition) is 2. The third-order valence-corrected chi connectivity index (χ3v) is 4.97. The van der Waals surface area contributed by atoms with Crippen molar-refractivity contribution in [3.8, 4) is 0 Å². The Morgan fingerprint density at radius 1 is 1.04 bits per heavy atom. The fourth-order valence-corrected chi connectivity index (χ4v) is 3.58. The van der Waals surface area contributed by atoms with Crippen molar-refractivity contribution in [2.45, 2.75) is 44.7 Å². The number of benzene rings is 2. The van der Waals surface area contributed by atoms with Gasteiger partial charge in [0.2, 0.25) is 5.91 Å². The standard InChI is InChI=1S/C22H26N2O3/c25-21(26)13-12-17-9-6-10-19(15-17)23-22(27)20-11-4-5-14-24(20)16-18-7-2-1-3-8-18/h1-3,6-10,15,20H,4-5,11-14,16H2,(H,23,27)(H,25,26). The van der Waals surface area contributed by atoms with Crippen LogP contribution in [0, 0.1) is 0 Å². The summed E-state index contributed by atoms with van der Waals surface area (Å²) in [6.45, 7) is 1.70. The highest BCUT2D eigenvalue weighted by Crippen LogP contribution is 2.22. The second-order valence-electron chi connectivity index (χ2n) is 7.05. The Kier molecular flexibility index (Phi) is 6.60. The van der Waals surface area contributed by atoms with Gasteiger partial charge in [-0.15, -0.1) is 0 Å². The smallest absolute Gasteiger partial charge is 0.303 e. The molecule has 1 fully saturated rings. The Hall–Kier alpha value is -2.66. The van der Waals surface area contributed by atoms with Gasteiger partial charge in [-0.1, -0.05) is 48.9 Å². The summed E-state index contributed by atoms with van der Waals surface area (Å²) in [4.78, 5) is 25.9. The van der Waals surface area contributed by atoms with Crippen LogP contribution >= 0.6 is 0 Å². The van der Waals surface area contributed by atoms with E-state index in [0.717, 1.165) is 43.6 Å². The number of anilines is 1. The molecule has 0 aromatic heterocycles. The maximum Gasteiger partial charge on any atom is 0.303 e. The minimum atomic E-state index is -0.816. The summed E-state index contributed by atoms with van der Waals surface area (Å²) in [6, 6.07) is 17.6. The van der Waals surface area contributed by atoms with Crippen LogP contribution in [-0.2, 0) is 22.6 Å². The second kappa shape index (κ2) is 9.33. The molecule has 1 unspecified atom stereocenters. The third kappa shape index (κ3) is 5.66. The van der Waals surface area contributed by atoms with E-state index >= 15 is 0 Å². The van der Waals surface area contributed by atoms with Crippen molar-refractivity contribution in [1.29, 1.82) is 0 Å². The van der Waals surface area contributed by atoms with Gasteiger partial charge in [0.1, 0.15) is 0 Å². The van der Waals surface area contributed by atoms with E-state index in [1.54, 1.807) is 0 Å². The third-order valence-electron chi connectivity index (χ3n) is 4.97. The number of carbonyl (C=O) groups is 2. The molecule has 5 heteroatoms. The van der Waals surface area contributed by atoms with Crippen molar-refractivity contribution < 1.29 is 14.7 Å². The fraction of sp³-hybridized carbons (Fsp3) is 0.364. The molecule has 1 aliphatic heterocycles. The van der Waals surface area contributed by atoms with Gasteiger partial charge < -0.3 is 10.4 Å². The average molecular weight is 366 g/mol. The quantitative estimate of drug-likeness (QED) is 0.784. The van der Waals surface area contributed by atoms with Crippen LogP contribution < -0.4 is 5.32 Å². The van der Waals surface area contributed by atoms with Crippen molar-refractivity contribution in [3.63, 3.8) is 0 Å². The van der Waals surface area contributed by atoms with Gasteiger partial charge >= 0.3 is 5.97 Å². The van der Waals surface area contributed by atoms with Crippen LogP contribution in [0.3, 0.4) is 0 Å². The molecule has 0 spiro atoms. The maximum atomic E-state index is 12.9. The summed E-state index contributed by atoms with van der Waals surface area (Å²) >= 11 is 0. The van der Waals surface area contributed by atoms with Crippen molar-refractivity contribution in [3.05, 3.63) is 65.7 Å². The second-order valence-corrected chi connectivity index (χ2v) is 7.05. The molecule has 1 aliphatic rings. The Labute approximate surface area is 160 Å². The van der Waals surface area contributed by atoms with Crippen LogP contribution in [0.4, 0.5) is 5.69 Å². The monoisotopic (exact) mass is 366 g/mol. The summed E-state index contributed by atoms with van der Waals surface area (Å²) in [6.07, 6.45) is 3.58. The highest BCUT2D eigenvalue weighted by Gasteiger charge is 2.28. The first-order chi connectivity index (χ1) is 13.1. The topological polar surface area (TPSA) is 69.6 Å². The largest absolute Gasteiger partial charge is 0.481 e. The molecule has 5 nitrogen and oxygen atoms in total. The predicted molar refractivity (Wildman–Crippen MR) is 106 cm³/mol. The molecule has 1 heterocycles. The number of nitrogens with zero attached hydrogens (tertiary/aromatic N) is 1. The number of rotatable bonds is 7. The first-order valence-electron chi connectivity index (χ1n) is 9.51. The number of hydrogen-bond acceptors (Lipinski definition) is 3. The molecule has 1 atom stereocenters. The number of aliphatic carboxylic acids is 1. The number of carbonyl (C=O) groups excluding carboxylic acids is 1. The highest BCUT2D eigenvalue weighted by molar-refractivity contribution is 5.95. The van der Waals surface area contributed by atoms with Crippen molar-refractivity contribution in [1.82, 2.24) is 4.90 Å². The Morgan fingerprint density at radius 3 is 2.59 bits per heavy atom. The summed E-state index contributed by atoms with van der Waals surface area (Å²) in [5, 5.41) is 11.9. The summed E-state index contributed by atoms with van der Waals surface area (Å²) in [5.74, 6) is -0.802. The van der Waals surface area contributed by atoms with Gasteiger partial charge in [-0.2, -0.15) is 0 Å². The Bertz CT molecular complexity index is 776. The SMILES string of the molecule is O=C(O)CCc1cccc(NC(=O)C2CCCCN2Cc2ccccc2)c1. The number of carboxylic acids is 1. The van der Waals surface area contributed by atoms with Crippen molar-refractivity contribution >= 4 is 17.6 Å². The van der Waals surface area contributed by atoms with Gasteiger partial charge in [-0.25, -0.2) is 0 Å². The zero-order valence-electron chi connectivity index (χ0n) is 15.4. The van der Waals surface area contributed by atoms with Gasteiger partial charge in [0.25, 0.3) is 0 Å². The lowest BCUT2D eigenvalue weighted by atomic mass is 10.00. The van der Waals surface area contributed by atoms with E-state index in [0.29, 0.717) is 6.42 Å². The van der Waals surface area contributed by atoms with E-state index in [2.05, 4.69) is 22.3 Å². The van der Waals surface area contributed by atoms with Gasteiger partial charge in [0.05, 0.1) is 6.04 Å². The van der Waals surface area contributed by atoms with Crippen LogP contribution in [0.5, 0.6) is 0 Å². The van der Waals surface area contributed by atoms with Crippen LogP contribution in [-0.4, -0.2) is 34.5 Å². The fourth-order valence-electron chi connectivity index (χ4n) is 3.58. The molecule has 2 N–H and O–H groups in total. The molecule has 0 radical (unpaired) electrons. The molecule has 0 bridgehead atoms. The lowest BCUT2D eigenvalue weighted by Crippen LogP contribution is -2.46. The molecular formula is C22H26N2O3. The van der Waals surface area contributed by atoms with Crippen LogP contribution in [0.15, 0.2) is 54.6 Å². The van der Waals surface area contributed by atoms with Crippen LogP contribution in [0.2, 0.25) is 0 Å². The summed E-state index contributed by atoms with van der Waals surface area (Å²) in [5.41, 5.74) is 2.86. The van der Waals surface area contributed by atoms with E-state index in [1.807, 2.05) is 42.5 Å². The summed E-state index contributed by atoms with van der Waals surface area (Å²) < 4.78 is 0. The first kappa shape index (κ1) is 19.1. The van der Waals surface area contributed by atoms with E-state index < -0.39 is 5.97 Å². The molecule has 3 rings (SSSR count). The van der Waals surface area contributed by atoms with Gasteiger partial charge in [-0.3, -0.25) is 14.5 Å². The molecule has 1 amide bonds. The number of likely N-dealkylation sites (tertiary alicyclic amines) is 1. The predicted octanol–water partition coefficient (Wildman–Crippen LogP) is 3.70. The first-order valence-corrected chi connectivity index (χ1v) is 9.51. The van der Waals surface area contributed by atoms with Crippen molar-refractivity contribution in [2.24, 2.45) is 0 Å². The molecule has 142 valence electrons. The summed E-state index contributed by atoms with van der Waals surface area (Å²) in [7, 11) is 0. The highest BCUT2D eigenvalue weighted by atomic mass is 16.4. The minimum Gasteiger partial charge on any atom is -0.481 e. The zero-order chi connectivity index (χ0) is 19.1. The molecule has 1 saturated heterocycles. The zero-order valence-corrected chi connectivity index (χ0v) is 15.4. The van der Waals surface area contributed by atoms with Crippen molar-refractivity contribution in [2.75, 3.05) is 11.9 Å². The van der Waals surface area contributed by atoms with Gasteiger partial charge in [-0.05, 0) is 49.1 Å². The number of nitrogens with one attached hydrogen (secondary N) is 1. The van der Waals surface area contributed by atoms with E-state index in [-0.39, 0.29) is 18.4 Å². The minimum absolute atomic E-state index is 0.0148. The lowest BCUT2D eigenvalue weighted by molar-refractivity contribution is -0.137. The Balaban J connectivity index is 1.64. The van der Waals surface area contributed by atoms with E-state index in [4.69, 9.17) is 5.11 Å². The number of piperidine rings is 1. The Morgan fingerprint density at radius 2 is 1.81 bits per heavy atom.